The van der Waals surface area contributed by atoms with E-state index in [4.69, 9.17) is 16.3 Å². The summed E-state index contributed by atoms with van der Waals surface area (Å²) in [5, 5.41) is 21.4. The number of nitro groups is 1. The molecule has 1 aliphatic rings. The Kier molecular flexibility index (Phi) is 5.24. The molecule has 2 aromatic carbocycles. The Balaban J connectivity index is 2.07. The largest absolute Gasteiger partial charge is 0.500 e. The Morgan fingerprint density at radius 2 is 2.08 bits per heavy atom. The van der Waals surface area contributed by atoms with Gasteiger partial charge in [0.1, 0.15) is 5.37 Å². The number of carbonyl (C=O) groups excluding carboxylic acids is 1. The van der Waals surface area contributed by atoms with Crippen LogP contribution in [0.15, 0.2) is 36.4 Å². The van der Waals surface area contributed by atoms with Gasteiger partial charge in [-0.05, 0) is 42.8 Å². The first-order chi connectivity index (χ1) is 12.4. The molecule has 0 unspecified atom stereocenters. The number of aromatic hydroxyl groups is 1. The molecule has 0 aliphatic carbocycles. The Morgan fingerprint density at radius 3 is 2.69 bits per heavy atom. The molecular weight excluding hydrogens is 380 g/mol. The topological polar surface area (TPSA) is 92.9 Å². The van der Waals surface area contributed by atoms with Crippen LogP contribution in [0.2, 0.25) is 5.02 Å². The van der Waals surface area contributed by atoms with Crippen molar-refractivity contribution in [2.75, 3.05) is 17.3 Å². The molecule has 0 saturated carbocycles. The molecule has 0 bridgehead atoms. The first kappa shape index (κ1) is 18.3. The van der Waals surface area contributed by atoms with Crippen molar-refractivity contribution in [3.63, 3.8) is 0 Å². The lowest BCUT2D eigenvalue weighted by molar-refractivity contribution is -0.386. The van der Waals surface area contributed by atoms with E-state index in [2.05, 4.69) is 0 Å². The number of phenolic OH excluding ortho intramolecular Hbond substituents is 1. The minimum absolute atomic E-state index is 0.0210. The van der Waals surface area contributed by atoms with Gasteiger partial charge in [-0.15, -0.1) is 11.8 Å². The number of nitrogens with zero attached hydrogens (tertiary/aromatic N) is 2. The van der Waals surface area contributed by atoms with Crippen LogP contribution in [0.4, 0.5) is 11.4 Å². The van der Waals surface area contributed by atoms with Crippen LogP contribution in [0.5, 0.6) is 11.5 Å². The number of phenols is 1. The van der Waals surface area contributed by atoms with Crippen LogP contribution in [-0.4, -0.2) is 28.3 Å². The van der Waals surface area contributed by atoms with Crippen LogP contribution in [0.25, 0.3) is 0 Å². The third-order valence-corrected chi connectivity index (χ3v) is 5.30. The molecule has 1 aliphatic heterocycles. The zero-order valence-electron chi connectivity index (χ0n) is 13.7. The van der Waals surface area contributed by atoms with Crippen LogP contribution in [0.3, 0.4) is 0 Å². The third kappa shape index (κ3) is 3.42. The highest BCUT2D eigenvalue weighted by molar-refractivity contribution is 8.00. The van der Waals surface area contributed by atoms with Gasteiger partial charge in [0.05, 0.1) is 17.3 Å². The van der Waals surface area contributed by atoms with Crippen LogP contribution in [-0.2, 0) is 4.79 Å². The van der Waals surface area contributed by atoms with Crippen LogP contribution < -0.4 is 9.64 Å². The molecule has 7 nitrogen and oxygen atoms in total. The van der Waals surface area contributed by atoms with Gasteiger partial charge in [-0.2, -0.15) is 0 Å². The standard InChI is InChI=1S/C17H15ClN2O5S/c1-2-25-14-8-10(7-13(16(14)22)20(23)24)17-19(15(21)9-26-17)12-5-3-11(18)4-6-12/h3-8,17,22H,2,9H2,1H3/t17-/m1/s1. The molecule has 0 radical (unpaired) electrons. The molecule has 3 rings (SSSR count). The van der Waals surface area contributed by atoms with Gasteiger partial charge in [-0.3, -0.25) is 19.8 Å². The Morgan fingerprint density at radius 1 is 1.38 bits per heavy atom. The number of benzene rings is 2. The van der Waals surface area contributed by atoms with Crippen molar-refractivity contribution in [3.05, 3.63) is 57.1 Å². The predicted octanol–water partition coefficient (Wildman–Crippen LogP) is 4.13. The van der Waals surface area contributed by atoms with E-state index in [9.17, 15) is 20.0 Å². The van der Waals surface area contributed by atoms with E-state index >= 15 is 0 Å². The van der Waals surface area contributed by atoms with E-state index in [0.29, 0.717) is 16.3 Å². The summed E-state index contributed by atoms with van der Waals surface area (Å²) in [6.07, 6.45) is 0. The van der Waals surface area contributed by atoms with Crippen molar-refractivity contribution in [1.82, 2.24) is 0 Å². The molecule has 2 aromatic rings. The van der Waals surface area contributed by atoms with Gasteiger partial charge in [0.15, 0.2) is 5.75 Å². The van der Waals surface area contributed by atoms with Gasteiger partial charge in [0.2, 0.25) is 11.7 Å². The number of hydrogen-bond acceptors (Lipinski definition) is 6. The fraction of sp³-hybridized carbons (Fsp3) is 0.235. The van der Waals surface area contributed by atoms with Crippen molar-refractivity contribution in [2.24, 2.45) is 0 Å². The van der Waals surface area contributed by atoms with Gasteiger partial charge in [0, 0.05) is 16.8 Å². The molecule has 9 heteroatoms. The molecule has 1 amide bonds. The lowest BCUT2D eigenvalue weighted by Crippen LogP contribution is -2.27. The molecule has 1 atom stereocenters. The molecular formula is C17H15ClN2O5S. The van der Waals surface area contributed by atoms with Gasteiger partial charge >= 0.3 is 5.69 Å². The quantitative estimate of drug-likeness (QED) is 0.605. The van der Waals surface area contributed by atoms with E-state index < -0.39 is 21.7 Å². The number of thioether (sulfide) groups is 1. The highest BCUT2D eigenvalue weighted by Gasteiger charge is 2.36. The summed E-state index contributed by atoms with van der Waals surface area (Å²) in [6.45, 7) is 1.96. The smallest absolute Gasteiger partial charge is 0.315 e. The molecule has 1 heterocycles. The molecule has 136 valence electrons. The summed E-state index contributed by atoms with van der Waals surface area (Å²) in [7, 11) is 0. The number of hydrogen-bond donors (Lipinski definition) is 1. The lowest BCUT2D eigenvalue weighted by atomic mass is 10.1. The maximum Gasteiger partial charge on any atom is 0.315 e. The minimum Gasteiger partial charge on any atom is -0.500 e. The number of halogens is 1. The molecule has 1 saturated heterocycles. The predicted molar refractivity (Wildman–Crippen MR) is 100 cm³/mol. The molecule has 0 aromatic heterocycles. The maximum atomic E-state index is 12.4. The Hall–Kier alpha value is -2.45. The van der Waals surface area contributed by atoms with Gasteiger partial charge in [-0.25, -0.2) is 0 Å². The first-order valence-electron chi connectivity index (χ1n) is 7.75. The fourth-order valence-corrected chi connectivity index (χ4v) is 3.99. The second kappa shape index (κ2) is 7.43. The van der Waals surface area contributed by atoms with Crippen LogP contribution in [0.1, 0.15) is 17.9 Å². The van der Waals surface area contributed by atoms with E-state index in [0.717, 1.165) is 0 Å². The maximum absolute atomic E-state index is 12.4. The van der Waals surface area contributed by atoms with E-state index in [1.807, 2.05) is 0 Å². The van der Waals surface area contributed by atoms with Crippen molar-refractivity contribution in [3.8, 4) is 11.5 Å². The average molecular weight is 395 g/mol. The highest BCUT2D eigenvalue weighted by atomic mass is 35.5. The third-order valence-electron chi connectivity index (χ3n) is 3.83. The SMILES string of the molecule is CCOc1cc([C@H]2SCC(=O)N2c2ccc(Cl)cc2)cc([N+](=O)[O-])c1O. The summed E-state index contributed by atoms with van der Waals surface area (Å²) in [4.78, 5) is 24.6. The van der Waals surface area contributed by atoms with Crippen LogP contribution in [0, 0.1) is 10.1 Å². The van der Waals surface area contributed by atoms with E-state index in [1.165, 1.54) is 23.9 Å². The van der Waals surface area contributed by atoms with Crippen LogP contribution >= 0.6 is 23.4 Å². The summed E-state index contributed by atoms with van der Waals surface area (Å²) >= 11 is 7.26. The van der Waals surface area contributed by atoms with Crippen molar-refractivity contribution in [1.29, 1.82) is 0 Å². The monoisotopic (exact) mass is 394 g/mol. The Labute approximate surface area is 158 Å². The lowest BCUT2D eigenvalue weighted by Gasteiger charge is -2.24. The summed E-state index contributed by atoms with van der Waals surface area (Å²) in [5.41, 5.74) is 0.689. The second-order valence-electron chi connectivity index (χ2n) is 5.48. The summed E-state index contributed by atoms with van der Waals surface area (Å²) in [6, 6.07) is 9.60. The number of amides is 1. The summed E-state index contributed by atoms with van der Waals surface area (Å²) < 4.78 is 5.33. The molecule has 26 heavy (non-hydrogen) atoms. The molecule has 0 spiro atoms. The minimum atomic E-state index is -0.671. The number of rotatable bonds is 5. The summed E-state index contributed by atoms with van der Waals surface area (Å²) in [5.74, 6) is -0.372. The normalized spacial score (nSPS) is 16.8. The first-order valence-corrected chi connectivity index (χ1v) is 9.18. The number of ether oxygens (including phenoxy) is 1. The van der Waals surface area contributed by atoms with Gasteiger partial charge in [-0.1, -0.05) is 11.6 Å². The zero-order chi connectivity index (χ0) is 18.8. The van der Waals surface area contributed by atoms with Crippen molar-refractivity contribution < 1.29 is 19.6 Å². The van der Waals surface area contributed by atoms with Crippen molar-refractivity contribution >= 4 is 40.6 Å². The molecule has 1 N–H and O–H groups in total. The number of nitro benzene ring substituents is 1. The van der Waals surface area contributed by atoms with E-state index in [-0.39, 0.29) is 24.0 Å². The zero-order valence-corrected chi connectivity index (χ0v) is 15.3. The van der Waals surface area contributed by atoms with E-state index in [1.54, 1.807) is 36.1 Å². The fourth-order valence-electron chi connectivity index (χ4n) is 2.71. The van der Waals surface area contributed by atoms with Crippen molar-refractivity contribution in [2.45, 2.75) is 12.3 Å². The van der Waals surface area contributed by atoms with Gasteiger partial charge in [0.25, 0.3) is 0 Å². The second-order valence-corrected chi connectivity index (χ2v) is 6.99. The Bertz CT molecular complexity index is 859. The number of carbonyl (C=O) groups is 1. The molecule has 1 fully saturated rings. The number of anilines is 1. The average Bonchev–Trinajstić information content (AvgIpc) is 2.99. The van der Waals surface area contributed by atoms with Gasteiger partial charge < -0.3 is 9.84 Å². The highest BCUT2D eigenvalue weighted by Crippen LogP contribution is 2.46.